The van der Waals surface area contributed by atoms with Crippen molar-refractivity contribution in [2.45, 2.75) is 31.7 Å². The largest absolute Gasteiger partial charge is 0.406 e. The van der Waals surface area contributed by atoms with E-state index in [1.54, 1.807) is 0 Å². The van der Waals surface area contributed by atoms with Crippen LogP contribution in [0.4, 0.5) is 13.2 Å². The third kappa shape index (κ3) is 8.63. The van der Waals surface area contributed by atoms with Gasteiger partial charge in [-0.3, -0.25) is 4.79 Å². The number of aliphatic imine (C=N–C) groups is 1. The number of alkyl halides is 3. The monoisotopic (exact) mass is 482 g/mol. The highest BCUT2D eigenvalue weighted by Gasteiger charge is 2.31. The van der Waals surface area contributed by atoms with Crippen molar-refractivity contribution in [2.75, 3.05) is 45.5 Å². The maximum absolute atomic E-state index is 12.3. The third-order valence-corrected chi connectivity index (χ3v) is 4.81. The Morgan fingerprint density at radius 2 is 2.08 bits per heavy atom. The standard InChI is InChI=1S/C14H25F3N4OS.HI/c1-4-11-9-21(6-7-23-11)13(18-5-2)19-8-12(22)20(3)10-14(15,16)17;/h11H,4-10H2,1-3H3,(H,18,19);1H. The maximum atomic E-state index is 12.3. The second kappa shape index (κ2) is 11.3. The SMILES string of the molecule is CCNC(=NCC(=O)N(C)CC(F)(F)F)N1CCSC(CC)C1.I. The van der Waals surface area contributed by atoms with Crippen LogP contribution in [0.5, 0.6) is 0 Å². The first-order valence-electron chi connectivity index (χ1n) is 7.72. The first-order valence-corrected chi connectivity index (χ1v) is 8.77. The zero-order valence-electron chi connectivity index (χ0n) is 14.2. The van der Waals surface area contributed by atoms with Gasteiger partial charge in [0.15, 0.2) is 5.96 Å². The number of nitrogens with zero attached hydrogens (tertiary/aromatic N) is 3. The van der Waals surface area contributed by atoms with E-state index in [2.05, 4.69) is 22.1 Å². The number of hydrogen-bond donors (Lipinski definition) is 1. The van der Waals surface area contributed by atoms with E-state index in [0.717, 1.165) is 32.3 Å². The summed E-state index contributed by atoms with van der Waals surface area (Å²) < 4.78 is 36.9. The topological polar surface area (TPSA) is 47.9 Å². The lowest BCUT2D eigenvalue weighted by Gasteiger charge is -2.34. The fourth-order valence-corrected chi connectivity index (χ4v) is 3.39. The molecule has 10 heteroatoms. The van der Waals surface area contributed by atoms with Crippen molar-refractivity contribution in [3.8, 4) is 0 Å². The minimum Gasteiger partial charge on any atom is -0.357 e. The molecule has 24 heavy (non-hydrogen) atoms. The molecule has 1 amide bonds. The minimum atomic E-state index is -4.39. The van der Waals surface area contributed by atoms with Crippen molar-refractivity contribution in [2.24, 2.45) is 4.99 Å². The Bertz CT molecular complexity index is 423. The predicted molar refractivity (Wildman–Crippen MR) is 103 cm³/mol. The van der Waals surface area contributed by atoms with Crippen LogP contribution in [0.3, 0.4) is 0 Å². The summed E-state index contributed by atoms with van der Waals surface area (Å²) in [4.78, 5) is 18.8. The number of hydrogen-bond acceptors (Lipinski definition) is 3. The zero-order chi connectivity index (χ0) is 17.5. The van der Waals surface area contributed by atoms with Crippen LogP contribution < -0.4 is 5.32 Å². The molecule has 1 saturated heterocycles. The van der Waals surface area contributed by atoms with Gasteiger partial charge in [-0.05, 0) is 13.3 Å². The Hall–Kier alpha value is -0.390. The third-order valence-electron chi connectivity index (χ3n) is 3.43. The number of halogens is 4. The molecule has 1 aliphatic heterocycles. The van der Waals surface area contributed by atoms with Gasteiger partial charge in [0.05, 0.1) is 0 Å². The molecule has 5 nitrogen and oxygen atoms in total. The maximum Gasteiger partial charge on any atom is 0.406 e. The van der Waals surface area contributed by atoms with Gasteiger partial charge in [0.25, 0.3) is 0 Å². The highest BCUT2D eigenvalue weighted by molar-refractivity contribution is 14.0. The molecule has 0 saturated carbocycles. The summed E-state index contributed by atoms with van der Waals surface area (Å²) in [5.41, 5.74) is 0. The van der Waals surface area contributed by atoms with Crippen molar-refractivity contribution >= 4 is 47.6 Å². The van der Waals surface area contributed by atoms with Crippen molar-refractivity contribution in [1.29, 1.82) is 0 Å². The van der Waals surface area contributed by atoms with E-state index < -0.39 is 18.6 Å². The highest BCUT2D eigenvalue weighted by Crippen LogP contribution is 2.21. The summed E-state index contributed by atoms with van der Waals surface area (Å²) in [6.45, 7) is 4.81. The summed E-state index contributed by atoms with van der Waals surface area (Å²) >= 11 is 1.91. The number of carbonyl (C=O) groups is 1. The van der Waals surface area contributed by atoms with Crippen LogP contribution in [0.2, 0.25) is 0 Å². The summed E-state index contributed by atoms with van der Waals surface area (Å²) in [7, 11) is 1.14. The van der Waals surface area contributed by atoms with Gasteiger partial charge in [0, 0.05) is 37.7 Å². The average molecular weight is 482 g/mol. The highest BCUT2D eigenvalue weighted by atomic mass is 127. The average Bonchev–Trinajstić information content (AvgIpc) is 2.49. The lowest BCUT2D eigenvalue weighted by molar-refractivity contribution is -0.157. The fraction of sp³-hybridized carbons (Fsp3) is 0.857. The summed E-state index contributed by atoms with van der Waals surface area (Å²) in [6.07, 6.45) is -3.34. The van der Waals surface area contributed by atoms with Gasteiger partial charge in [-0.15, -0.1) is 24.0 Å². The van der Waals surface area contributed by atoms with Crippen LogP contribution in [-0.2, 0) is 4.79 Å². The van der Waals surface area contributed by atoms with E-state index in [1.807, 2.05) is 18.7 Å². The van der Waals surface area contributed by atoms with Crippen LogP contribution in [0.25, 0.3) is 0 Å². The second-order valence-electron chi connectivity index (χ2n) is 5.38. The van der Waals surface area contributed by atoms with Crippen LogP contribution >= 0.6 is 35.7 Å². The molecule has 1 aliphatic rings. The molecule has 0 radical (unpaired) electrons. The number of carbonyl (C=O) groups excluding carboxylic acids is 1. The Kier molecular flexibility index (Phi) is 11.1. The van der Waals surface area contributed by atoms with Gasteiger partial charge >= 0.3 is 6.18 Å². The quantitative estimate of drug-likeness (QED) is 0.372. The molecule has 1 fully saturated rings. The lowest BCUT2D eigenvalue weighted by atomic mass is 10.3. The van der Waals surface area contributed by atoms with Gasteiger partial charge in [-0.25, -0.2) is 4.99 Å². The molecule has 1 heterocycles. The molecule has 0 spiro atoms. The van der Waals surface area contributed by atoms with Crippen LogP contribution in [0, 0.1) is 0 Å². The normalized spacial score (nSPS) is 18.8. The smallest absolute Gasteiger partial charge is 0.357 e. The number of likely N-dealkylation sites (N-methyl/N-ethyl adjacent to an activating group) is 1. The molecule has 1 N–H and O–H groups in total. The summed E-state index contributed by atoms with van der Waals surface area (Å²) in [5.74, 6) is 0.932. The molecular formula is C14H26F3IN4OS. The minimum absolute atomic E-state index is 0. The number of nitrogens with one attached hydrogen (secondary N) is 1. The number of guanidine groups is 1. The van der Waals surface area contributed by atoms with E-state index in [9.17, 15) is 18.0 Å². The molecule has 1 unspecified atom stereocenters. The molecule has 1 rings (SSSR count). The van der Waals surface area contributed by atoms with E-state index in [4.69, 9.17) is 0 Å². The molecule has 0 aromatic heterocycles. The molecular weight excluding hydrogens is 456 g/mol. The van der Waals surface area contributed by atoms with E-state index in [1.165, 1.54) is 0 Å². The molecule has 0 aliphatic carbocycles. The molecule has 142 valence electrons. The Morgan fingerprint density at radius 3 is 2.62 bits per heavy atom. The van der Waals surface area contributed by atoms with Gasteiger partial charge in [0.1, 0.15) is 13.1 Å². The first kappa shape index (κ1) is 23.6. The van der Waals surface area contributed by atoms with E-state index in [0.29, 0.717) is 22.7 Å². The van der Waals surface area contributed by atoms with Crippen LogP contribution in [0.1, 0.15) is 20.3 Å². The zero-order valence-corrected chi connectivity index (χ0v) is 17.4. The van der Waals surface area contributed by atoms with Crippen molar-refractivity contribution in [1.82, 2.24) is 15.1 Å². The van der Waals surface area contributed by atoms with Gasteiger partial charge < -0.3 is 15.1 Å². The predicted octanol–water partition coefficient (Wildman–Crippen LogP) is 2.42. The van der Waals surface area contributed by atoms with E-state index >= 15 is 0 Å². The molecule has 1 atom stereocenters. The molecule has 0 bridgehead atoms. The summed E-state index contributed by atoms with van der Waals surface area (Å²) in [6, 6.07) is 0. The molecule has 0 aromatic rings. The van der Waals surface area contributed by atoms with Gasteiger partial charge in [0.2, 0.25) is 5.91 Å². The second-order valence-corrected chi connectivity index (χ2v) is 6.79. The van der Waals surface area contributed by atoms with Gasteiger partial charge in [-0.1, -0.05) is 6.92 Å². The van der Waals surface area contributed by atoms with E-state index in [-0.39, 0.29) is 30.5 Å². The molecule has 0 aromatic carbocycles. The number of amides is 1. The summed E-state index contributed by atoms with van der Waals surface area (Å²) in [5, 5.41) is 3.62. The Labute approximate surface area is 162 Å². The van der Waals surface area contributed by atoms with Crippen molar-refractivity contribution in [3.05, 3.63) is 0 Å². The van der Waals surface area contributed by atoms with Crippen molar-refractivity contribution in [3.63, 3.8) is 0 Å². The van der Waals surface area contributed by atoms with Crippen molar-refractivity contribution < 1.29 is 18.0 Å². The Morgan fingerprint density at radius 1 is 1.42 bits per heavy atom. The number of rotatable bonds is 5. The lowest BCUT2D eigenvalue weighted by Crippen LogP contribution is -2.48. The first-order chi connectivity index (χ1) is 10.8. The van der Waals surface area contributed by atoms with Crippen LogP contribution in [-0.4, -0.2) is 78.6 Å². The van der Waals surface area contributed by atoms with Gasteiger partial charge in [-0.2, -0.15) is 24.9 Å². The fourth-order valence-electron chi connectivity index (χ4n) is 2.20. The van der Waals surface area contributed by atoms with Crippen LogP contribution in [0.15, 0.2) is 4.99 Å². The number of thioether (sulfide) groups is 1. The Balaban J connectivity index is 0.00000529.